The fraction of sp³-hybridized carbons (Fsp3) is 0.348. The maximum Gasteiger partial charge on any atom is 0.442 e. The maximum atomic E-state index is 13.0. The van der Waals surface area contributed by atoms with Crippen LogP contribution >= 0.6 is 0 Å². The summed E-state index contributed by atoms with van der Waals surface area (Å²) in [6, 6.07) is 15.2. The minimum absolute atomic E-state index is 0.355. The van der Waals surface area contributed by atoms with E-state index in [1.807, 2.05) is 43.3 Å². The molecule has 0 bridgehead atoms. The average molecular weight is 406 g/mol. The summed E-state index contributed by atoms with van der Waals surface area (Å²) in [7, 11) is 0. The molecule has 154 valence electrons. The van der Waals surface area contributed by atoms with Crippen molar-refractivity contribution in [3.05, 3.63) is 71.6 Å². The van der Waals surface area contributed by atoms with Crippen molar-refractivity contribution >= 4 is 5.97 Å². The molecule has 0 atom stereocenters. The van der Waals surface area contributed by atoms with Crippen molar-refractivity contribution in [3.63, 3.8) is 0 Å². The van der Waals surface area contributed by atoms with Gasteiger partial charge < -0.3 is 4.74 Å². The molecule has 0 aliphatic heterocycles. The molecule has 1 aliphatic rings. The first-order valence-electron chi connectivity index (χ1n) is 9.55. The fourth-order valence-corrected chi connectivity index (χ4v) is 3.44. The maximum absolute atomic E-state index is 13.0. The molecule has 2 aromatic carbocycles. The SMILES string of the molecule is Cc1ccc(-c2ccc(C(=O)OC3CCC(C=C(F)C(F)(F)F)CC3)cc2)cc1. The third kappa shape index (κ3) is 5.68. The van der Waals surface area contributed by atoms with Crippen molar-refractivity contribution in [1.29, 1.82) is 0 Å². The molecule has 0 spiro atoms. The first kappa shape index (κ1) is 21.1. The second-order valence-corrected chi connectivity index (χ2v) is 7.40. The van der Waals surface area contributed by atoms with Gasteiger partial charge in [0.2, 0.25) is 0 Å². The lowest BCUT2D eigenvalue weighted by Gasteiger charge is -2.26. The van der Waals surface area contributed by atoms with Crippen molar-refractivity contribution in [1.82, 2.24) is 0 Å². The second-order valence-electron chi connectivity index (χ2n) is 7.40. The molecular weight excluding hydrogens is 384 g/mol. The molecule has 3 rings (SSSR count). The van der Waals surface area contributed by atoms with Gasteiger partial charge in [-0.15, -0.1) is 0 Å². The van der Waals surface area contributed by atoms with Gasteiger partial charge in [-0.05, 0) is 67.9 Å². The van der Waals surface area contributed by atoms with Crippen LogP contribution in [0.1, 0.15) is 41.6 Å². The molecule has 0 radical (unpaired) electrons. The van der Waals surface area contributed by atoms with E-state index in [1.165, 1.54) is 5.56 Å². The van der Waals surface area contributed by atoms with Gasteiger partial charge in [-0.1, -0.05) is 42.0 Å². The number of carbonyl (C=O) groups is 1. The number of carbonyl (C=O) groups excluding carboxylic acids is 1. The van der Waals surface area contributed by atoms with Gasteiger partial charge in [-0.25, -0.2) is 9.18 Å². The predicted octanol–water partition coefficient (Wildman–Crippen LogP) is 6.79. The van der Waals surface area contributed by atoms with Crippen LogP contribution in [0.15, 0.2) is 60.4 Å². The molecular formula is C23H22F4O2. The molecule has 2 nitrogen and oxygen atoms in total. The summed E-state index contributed by atoms with van der Waals surface area (Å²) >= 11 is 0. The number of benzene rings is 2. The second kappa shape index (κ2) is 8.80. The van der Waals surface area contributed by atoms with Crippen LogP contribution < -0.4 is 0 Å². The summed E-state index contributed by atoms with van der Waals surface area (Å²) in [5, 5.41) is 0. The van der Waals surface area contributed by atoms with E-state index in [-0.39, 0.29) is 6.10 Å². The smallest absolute Gasteiger partial charge is 0.442 e. The summed E-state index contributed by atoms with van der Waals surface area (Å²) in [6.07, 6.45) is -3.12. The first-order chi connectivity index (χ1) is 13.7. The molecule has 0 amide bonds. The summed E-state index contributed by atoms with van der Waals surface area (Å²) in [5.41, 5.74) is 3.62. The molecule has 0 aromatic heterocycles. The van der Waals surface area contributed by atoms with E-state index in [2.05, 4.69) is 0 Å². The van der Waals surface area contributed by atoms with Crippen molar-refractivity contribution in [2.75, 3.05) is 0 Å². The first-order valence-corrected chi connectivity index (χ1v) is 9.55. The Morgan fingerprint density at radius 2 is 1.45 bits per heavy atom. The van der Waals surface area contributed by atoms with Crippen LogP contribution in [0.2, 0.25) is 0 Å². The van der Waals surface area contributed by atoms with E-state index in [0.717, 1.165) is 11.1 Å². The largest absolute Gasteiger partial charge is 0.459 e. The van der Waals surface area contributed by atoms with Gasteiger partial charge in [0.1, 0.15) is 6.10 Å². The highest BCUT2D eigenvalue weighted by Gasteiger charge is 2.35. The molecule has 1 aliphatic carbocycles. The molecule has 0 heterocycles. The molecule has 29 heavy (non-hydrogen) atoms. The highest BCUT2D eigenvalue weighted by Crippen LogP contribution is 2.33. The van der Waals surface area contributed by atoms with Crippen LogP contribution in [0, 0.1) is 12.8 Å². The summed E-state index contributed by atoms with van der Waals surface area (Å²) in [4.78, 5) is 12.4. The Hall–Kier alpha value is -2.63. The molecule has 2 aromatic rings. The van der Waals surface area contributed by atoms with Crippen molar-refractivity contribution < 1.29 is 27.1 Å². The minimum atomic E-state index is -4.94. The molecule has 0 N–H and O–H groups in total. The van der Waals surface area contributed by atoms with Crippen LogP contribution in [-0.2, 0) is 4.74 Å². The number of hydrogen-bond donors (Lipinski definition) is 0. The van der Waals surface area contributed by atoms with Crippen molar-refractivity contribution in [2.45, 2.75) is 44.9 Å². The minimum Gasteiger partial charge on any atom is -0.459 e. The monoisotopic (exact) mass is 406 g/mol. The third-order valence-electron chi connectivity index (χ3n) is 5.15. The van der Waals surface area contributed by atoms with Crippen LogP contribution in [0.4, 0.5) is 17.6 Å². The molecule has 1 fully saturated rings. The van der Waals surface area contributed by atoms with E-state index < -0.39 is 23.9 Å². The number of allylic oxidation sites excluding steroid dienone is 2. The third-order valence-corrected chi connectivity index (χ3v) is 5.15. The zero-order chi connectivity index (χ0) is 21.0. The molecule has 0 saturated heterocycles. The number of esters is 1. The Morgan fingerprint density at radius 3 is 1.97 bits per heavy atom. The van der Waals surface area contributed by atoms with Crippen molar-refractivity contribution in [2.24, 2.45) is 5.92 Å². The van der Waals surface area contributed by atoms with E-state index in [0.29, 0.717) is 37.3 Å². The Labute approximate surface area is 167 Å². The van der Waals surface area contributed by atoms with Crippen LogP contribution in [0.3, 0.4) is 0 Å². The van der Waals surface area contributed by atoms with Crippen LogP contribution in [-0.4, -0.2) is 18.2 Å². The topological polar surface area (TPSA) is 26.3 Å². The molecule has 6 heteroatoms. The zero-order valence-electron chi connectivity index (χ0n) is 16.0. The Kier molecular flexibility index (Phi) is 6.40. The number of alkyl halides is 3. The number of ether oxygens (including phenoxy) is 1. The zero-order valence-corrected chi connectivity index (χ0v) is 16.0. The van der Waals surface area contributed by atoms with E-state index in [1.54, 1.807) is 12.1 Å². The molecule has 1 saturated carbocycles. The Balaban J connectivity index is 1.54. The Morgan fingerprint density at radius 1 is 0.931 bits per heavy atom. The number of aryl methyl sites for hydroxylation is 1. The average Bonchev–Trinajstić information content (AvgIpc) is 2.69. The number of rotatable bonds is 4. The fourth-order valence-electron chi connectivity index (χ4n) is 3.44. The van der Waals surface area contributed by atoms with E-state index in [4.69, 9.17) is 4.74 Å². The van der Waals surface area contributed by atoms with Gasteiger partial charge in [-0.3, -0.25) is 0 Å². The Bertz CT molecular complexity index is 859. The highest BCUT2D eigenvalue weighted by molar-refractivity contribution is 5.90. The lowest BCUT2D eigenvalue weighted by Crippen LogP contribution is -2.24. The van der Waals surface area contributed by atoms with Crippen molar-refractivity contribution in [3.8, 4) is 11.1 Å². The lowest BCUT2D eigenvalue weighted by atomic mass is 9.87. The normalized spacial score (nSPS) is 20.4. The number of hydrogen-bond acceptors (Lipinski definition) is 2. The van der Waals surface area contributed by atoms with E-state index in [9.17, 15) is 22.4 Å². The van der Waals surface area contributed by atoms with Crippen LogP contribution in [0.5, 0.6) is 0 Å². The van der Waals surface area contributed by atoms with Gasteiger partial charge in [0, 0.05) is 0 Å². The predicted molar refractivity (Wildman–Crippen MR) is 103 cm³/mol. The van der Waals surface area contributed by atoms with Crippen LogP contribution in [0.25, 0.3) is 11.1 Å². The molecule has 0 unspecified atom stereocenters. The van der Waals surface area contributed by atoms with E-state index >= 15 is 0 Å². The lowest BCUT2D eigenvalue weighted by molar-refractivity contribution is -0.109. The highest BCUT2D eigenvalue weighted by atomic mass is 19.4. The summed E-state index contributed by atoms with van der Waals surface area (Å²) in [5.74, 6) is -2.99. The summed E-state index contributed by atoms with van der Waals surface area (Å²) < 4.78 is 55.4. The van der Waals surface area contributed by atoms with Gasteiger partial charge in [0.15, 0.2) is 5.83 Å². The van der Waals surface area contributed by atoms with Gasteiger partial charge in [-0.2, -0.15) is 13.2 Å². The van der Waals surface area contributed by atoms with Gasteiger partial charge >= 0.3 is 12.1 Å². The van der Waals surface area contributed by atoms with Gasteiger partial charge in [0.25, 0.3) is 0 Å². The standard InChI is InChI=1S/C23H22F4O2/c1-15-2-6-17(7-3-15)18-8-10-19(11-9-18)22(28)29-20-12-4-16(5-13-20)14-21(24)23(25,26)27/h2-3,6-11,14,16,20H,4-5,12-13H2,1H3. The van der Waals surface area contributed by atoms with Gasteiger partial charge in [0.05, 0.1) is 5.56 Å². The number of halogens is 4. The quantitative estimate of drug-likeness (QED) is 0.413. The summed E-state index contributed by atoms with van der Waals surface area (Å²) in [6.45, 7) is 2.01.